The van der Waals surface area contributed by atoms with E-state index in [0.29, 0.717) is 5.92 Å². The maximum absolute atomic E-state index is 10.5. The van der Waals surface area contributed by atoms with Gasteiger partial charge in [-0.3, -0.25) is 4.79 Å². The van der Waals surface area contributed by atoms with Gasteiger partial charge < -0.3 is 6.53 Å². The molecule has 2 unspecified atom stereocenters. The van der Waals surface area contributed by atoms with Gasteiger partial charge in [0, 0.05) is 0 Å². The van der Waals surface area contributed by atoms with E-state index in [9.17, 15) is 4.79 Å². The fourth-order valence-corrected chi connectivity index (χ4v) is 1.30. The zero-order valence-corrected chi connectivity index (χ0v) is 11.3. The molecule has 0 aromatic heterocycles. The predicted molar refractivity (Wildman–Crippen MR) is 51.2 cm³/mol. The second kappa shape index (κ2) is 9.04. The molecule has 0 aliphatic rings. The molecule has 0 rings (SSSR count). The van der Waals surface area contributed by atoms with Crippen LogP contribution < -0.4 is 29.6 Å². The molecule has 0 heterocycles. The van der Waals surface area contributed by atoms with Crippen LogP contribution in [-0.4, -0.2) is 11.1 Å². The number of hydrogen-bond donors (Lipinski definition) is 1. The molecule has 0 saturated carbocycles. The van der Waals surface area contributed by atoms with E-state index in [1.54, 1.807) is 6.92 Å². The van der Waals surface area contributed by atoms with E-state index in [2.05, 4.69) is 13.8 Å². The monoisotopic (exact) mass is 196 g/mol. The standard InChI is InChI=1S/C10H20O2.Na.H/c1-4-5-8(2)6-7-9(3)10(11)12;;/h8-9H,4-7H2,1-3H3,(H,11,12);;/q;+1;-1. The molecule has 74 valence electrons. The van der Waals surface area contributed by atoms with Gasteiger partial charge in [0.2, 0.25) is 0 Å². The Morgan fingerprint density at radius 1 is 1.31 bits per heavy atom. The quantitative estimate of drug-likeness (QED) is 0.609. The number of carboxylic acids is 1. The van der Waals surface area contributed by atoms with Crippen molar-refractivity contribution < 1.29 is 40.9 Å². The van der Waals surface area contributed by atoms with Crippen molar-refractivity contribution in [2.45, 2.75) is 46.5 Å². The average molecular weight is 196 g/mol. The third kappa shape index (κ3) is 8.79. The molecular formula is C10H21NaO2. The van der Waals surface area contributed by atoms with Crippen LogP contribution in [0.2, 0.25) is 0 Å². The molecule has 0 bridgehead atoms. The molecule has 1 N–H and O–H groups in total. The summed E-state index contributed by atoms with van der Waals surface area (Å²) < 4.78 is 0. The molecule has 0 saturated heterocycles. The minimum Gasteiger partial charge on any atom is -1.00 e. The SMILES string of the molecule is CCCC(C)CCC(C)C(=O)O.[H-].[Na+]. The minimum atomic E-state index is -0.668. The predicted octanol–water partition coefficient (Wildman–Crippen LogP) is 0.0400. The zero-order valence-electron chi connectivity index (χ0n) is 10.3. The third-order valence-electron chi connectivity index (χ3n) is 2.30. The molecule has 0 radical (unpaired) electrons. The number of hydrogen-bond acceptors (Lipinski definition) is 1. The van der Waals surface area contributed by atoms with E-state index < -0.39 is 5.97 Å². The Morgan fingerprint density at radius 2 is 1.85 bits per heavy atom. The first-order valence-electron chi connectivity index (χ1n) is 4.80. The number of carbonyl (C=O) groups is 1. The van der Waals surface area contributed by atoms with Crippen molar-refractivity contribution in [3.63, 3.8) is 0 Å². The average Bonchev–Trinajstić information content (AvgIpc) is 2.00. The van der Waals surface area contributed by atoms with Crippen LogP contribution in [0.15, 0.2) is 0 Å². The van der Waals surface area contributed by atoms with Gasteiger partial charge in [-0.1, -0.05) is 33.6 Å². The first-order chi connectivity index (χ1) is 5.57. The Morgan fingerprint density at radius 3 is 2.23 bits per heavy atom. The number of carboxylic acid groups (broad SMARTS) is 1. The van der Waals surface area contributed by atoms with Crippen LogP contribution in [-0.2, 0) is 4.79 Å². The van der Waals surface area contributed by atoms with Crippen molar-refractivity contribution in [1.29, 1.82) is 0 Å². The van der Waals surface area contributed by atoms with Crippen LogP contribution in [0.1, 0.15) is 47.9 Å². The summed E-state index contributed by atoms with van der Waals surface area (Å²) in [6.45, 7) is 6.14. The van der Waals surface area contributed by atoms with Crippen LogP contribution in [0.4, 0.5) is 0 Å². The molecule has 13 heavy (non-hydrogen) atoms. The topological polar surface area (TPSA) is 37.3 Å². The van der Waals surface area contributed by atoms with Crippen LogP contribution in [0.3, 0.4) is 0 Å². The second-order valence-corrected chi connectivity index (χ2v) is 3.71. The second-order valence-electron chi connectivity index (χ2n) is 3.71. The summed E-state index contributed by atoms with van der Waals surface area (Å²) in [5.41, 5.74) is 0. The van der Waals surface area contributed by atoms with Crippen LogP contribution in [0.25, 0.3) is 0 Å². The molecule has 0 aliphatic carbocycles. The fraction of sp³-hybridized carbons (Fsp3) is 0.900. The first kappa shape index (κ1) is 15.9. The summed E-state index contributed by atoms with van der Waals surface area (Å²) in [6, 6.07) is 0. The van der Waals surface area contributed by atoms with Gasteiger partial charge >= 0.3 is 35.5 Å². The number of rotatable bonds is 6. The molecular weight excluding hydrogens is 175 g/mol. The van der Waals surface area contributed by atoms with Gasteiger partial charge in [-0.05, 0) is 18.8 Å². The molecule has 0 fully saturated rings. The summed E-state index contributed by atoms with van der Waals surface area (Å²) in [4.78, 5) is 10.5. The van der Waals surface area contributed by atoms with Crippen molar-refractivity contribution >= 4 is 5.97 Å². The van der Waals surface area contributed by atoms with E-state index in [1.165, 1.54) is 12.8 Å². The van der Waals surface area contributed by atoms with E-state index in [-0.39, 0.29) is 36.9 Å². The summed E-state index contributed by atoms with van der Waals surface area (Å²) in [7, 11) is 0. The molecule has 0 aromatic rings. The molecule has 0 spiro atoms. The summed E-state index contributed by atoms with van der Waals surface area (Å²) in [5, 5.41) is 8.62. The number of aliphatic carboxylic acids is 1. The Kier molecular flexibility index (Phi) is 11.1. The first-order valence-corrected chi connectivity index (χ1v) is 4.80. The van der Waals surface area contributed by atoms with Crippen molar-refractivity contribution in [3.8, 4) is 0 Å². The van der Waals surface area contributed by atoms with Gasteiger partial charge in [0.25, 0.3) is 0 Å². The van der Waals surface area contributed by atoms with E-state index in [4.69, 9.17) is 5.11 Å². The van der Waals surface area contributed by atoms with Gasteiger partial charge in [-0.2, -0.15) is 0 Å². The Labute approximate surface area is 105 Å². The maximum atomic E-state index is 10.5. The smallest absolute Gasteiger partial charge is 1.00 e. The van der Waals surface area contributed by atoms with Crippen molar-refractivity contribution in [3.05, 3.63) is 0 Å². The minimum absolute atomic E-state index is 0. The van der Waals surface area contributed by atoms with E-state index in [0.717, 1.165) is 12.8 Å². The van der Waals surface area contributed by atoms with Crippen molar-refractivity contribution in [2.24, 2.45) is 11.8 Å². The molecule has 3 heteroatoms. The molecule has 2 atom stereocenters. The summed E-state index contributed by atoms with van der Waals surface area (Å²) in [6.07, 6.45) is 4.27. The maximum Gasteiger partial charge on any atom is 1.00 e. The summed E-state index contributed by atoms with van der Waals surface area (Å²) >= 11 is 0. The fourth-order valence-electron chi connectivity index (χ4n) is 1.30. The molecule has 2 nitrogen and oxygen atoms in total. The van der Waals surface area contributed by atoms with Gasteiger partial charge in [0.1, 0.15) is 0 Å². The van der Waals surface area contributed by atoms with Gasteiger partial charge in [-0.15, -0.1) is 0 Å². The van der Waals surface area contributed by atoms with Crippen LogP contribution >= 0.6 is 0 Å². The summed E-state index contributed by atoms with van der Waals surface area (Å²) in [5.74, 6) is -0.167. The van der Waals surface area contributed by atoms with Gasteiger partial charge in [0.15, 0.2) is 0 Å². The normalized spacial score (nSPS) is 14.4. The Balaban J connectivity index is -0.000000605. The van der Waals surface area contributed by atoms with Gasteiger partial charge in [0.05, 0.1) is 5.92 Å². The van der Waals surface area contributed by atoms with Crippen molar-refractivity contribution in [2.75, 3.05) is 0 Å². The van der Waals surface area contributed by atoms with Crippen molar-refractivity contribution in [1.82, 2.24) is 0 Å². The molecule has 0 aliphatic heterocycles. The Hall–Kier alpha value is 0.470. The third-order valence-corrected chi connectivity index (χ3v) is 2.30. The van der Waals surface area contributed by atoms with Crippen LogP contribution in [0, 0.1) is 11.8 Å². The molecule has 0 aromatic carbocycles. The molecule has 0 amide bonds. The Bertz CT molecular complexity index is 142. The largest absolute Gasteiger partial charge is 1.00 e. The van der Waals surface area contributed by atoms with Crippen LogP contribution in [0.5, 0.6) is 0 Å². The van der Waals surface area contributed by atoms with E-state index in [1.807, 2.05) is 0 Å². The zero-order chi connectivity index (χ0) is 9.56. The van der Waals surface area contributed by atoms with E-state index >= 15 is 0 Å². The van der Waals surface area contributed by atoms with Gasteiger partial charge in [-0.25, -0.2) is 0 Å².